The SMILES string of the molecule is CC1(c2ccccc2Br)NC(=O)N(Cc2nnc(-c3ccccc3)o2)C1=O. The maximum absolute atomic E-state index is 13.0. The number of aromatic nitrogens is 2. The van der Waals surface area contributed by atoms with Crippen molar-refractivity contribution in [2.45, 2.75) is 19.0 Å². The third-order valence-electron chi connectivity index (χ3n) is 4.47. The average molecular weight is 427 g/mol. The van der Waals surface area contributed by atoms with Gasteiger partial charge in [-0.15, -0.1) is 10.2 Å². The monoisotopic (exact) mass is 426 g/mol. The second-order valence-corrected chi connectivity index (χ2v) is 7.15. The summed E-state index contributed by atoms with van der Waals surface area (Å²) < 4.78 is 6.36. The Labute approximate surface area is 163 Å². The zero-order chi connectivity index (χ0) is 19.0. The first-order chi connectivity index (χ1) is 13.0. The van der Waals surface area contributed by atoms with E-state index in [4.69, 9.17) is 4.42 Å². The number of imide groups is 1. The molecule has 7 nitrogen and oxygen atoms in total. The summed E-state index contributed by atoms with van der Waals surface area (Å²) >= 11 is 3.44. The molecule has 0 spiro atoms. The largest absolute Gasteiger partial charge is 0.419 e. The van der Waals surface area contributed by atoms with Crippen molar-refractivity contribution in [1.82, 2.24) is 20.4 Å². The minimum absolute atomic E-state index is 0.0927. The summed E-state index contributed by atoms with van der Waals surface area (Å²) in [7, 11) is 0. The predicted octanol–water partition coefficient (Wildman–Crippen LogP) is 3.47. The van der Waals surface area contributed by atoms with Crippen molar-refractivity contribution in [2.24, 2.45) is 0 Å². The summed E-state index contributed by atoms with van der Waals surface area (Å²) in [5.74, 6) is 0.152. The highest BCUT2D eigenvalue weighted by molar-refractivity contribution is 9.10. The van der Waals surface area contributed by atoms with Gasteiger partial charge < -0.3 is 9.73 Å². The van der Waals surface area contributed by atoms with E-state index in [9.17, 15) is 9.59 Å². The Morgan fingerprint density at radius 3 is 2.52 bits per heavy atom. The molecule has 2 aromatic carbocycles. The van der Waals surface area contributed by atoms with E-state index < -0.39 is 11.6 Å². The molecule has 1 aromatic heterocycles. The van der Waals surface area contributed by atoms with Gasteiger partial charge in [0.1, 0.15) is 12.1 Å². The lowest BCUT2D eigenvalue weighted by Crippen LogP contribution is -2.41. The maximum Gasteiger partial charge on any atom is 0.325 e. The lowest BCUT2D eigenvalue weighted by Gasteiger charge is -2.23. The Hall–Kier alpha value is -3.00. The van der Waals surface area contributed by atoms with Crippen LogP contribution in [0.4, 0.5) is 4.79 Å². The minimum atomic E-state index is -1.17. The molecule has 0 saturated carbocycles. The van der Waals surface area contributed by atoms with Gasteiger partial charge in [-0.3, -0.25) is 9.69 Å². The smallest absolute Gasteiger partial charge is 0.325 e. The van der Waals surface area contributed by atoms with Crippen LogP contribution in [0.3, 0.4) is 0 Å². The van der Waals surface area contributed by atoms with Crippen LogP contribution >= 0.6 is 15.9 Å². The Morgan fingerprint density at radius 1 is 1.07 bits per heavy atom. The maximum atomic E-state index is 13.0. The first-order valence-corrected chi connectivity index (χ1v) is 9.05. The highest BCUT2D eigenvalue weighted by Crippen LogP contribution is 2.34. The van der Waals surface area contributed by atoms with Crippen LogP contribution in [0.2, 0.25) is 0 Å². The Kier molecular flexibility index (Phi) is 4.27. The van der Waals surface area contributed by atoms with E-state index in [-0.39, 0.29) is 18.3 Å². The number of urea groups is 1. The van der Waals surface area contributed by atoms with Gasteiger partial charge >= 0.3 is 6.03 Å². The molecule has 1 atom stereocenters. The molecule has 1 unspecified atom stereocenters. The number of benzene rings is 2. The van der Waals surface area contributed by atoms with Crippen LogP contribution in [0.5, 0.6) is 0 Å². The third-order valence-corrected chi connectivity index (χ3v) is 5.16. The molecule has 3 aromatic rings. The molecule has 3 amide bonds. The van der Waals surface area contributed by atoms with Crippen LogP contribution < -0.4 is 5.32 Å². The van der Waals surface area contributed by atoms with E-state index in [1.165, 1.54) is 0 Å². The average Bonchev–Trinajstić information content (AvgIpc) is 3.22. The molecular formula is C19H15BrN4O3. The number of carbonyl (C=O) groups is 2. The molecule has 27 heavy (non-hydrogen) atoms. The van der Waals surface area contributed by atoms with E-state index in [0.29, 0.717) is 11.5 Å². The van der Waals surface area contributed by atoms with Crippen LogP contribution in [0.1, 0.15) is 18.4 Å². The lowest BCUT2D eigenvalue weighted by molar-refractivity contribution is -0.131. The van der Waals surface area contributed by atoms with Gasteiger partial charge in [0.25, 0.3) is 5.91 Å². The zero-order valence-electron chi connectivity index (χ0n) is 14.3. The van der Waals surface area contributed by atoms with Crippen molar-refractivity contribution in [1.29, 1.82) is 0 Å². The molecule has 1 N–H and O–H groups in total. The summed E-state index contributed by atoms with van der Waals surface area (Å²) in [4.78, 5) is 26.5. The lowest BCUT2D eigenvalue weighted by atomic mass is 9.92. The zero-order valence-corrected chi connectivity index (χ0v) is 15.9. The summed E-state index contributed by atoms with van der Waals surface area (Å²) in [6.45, 7) is 1.58. The van der Waals surface area contributed by atoms with E-state index in [1.807, 2.05) is 48.5 Å². The molecule has 1 aliphatic heterocycles. The number of amides is 3. The second kappa shape index (κ2) is 6.62. The van der Waals surface area contributed by atoms with E-state index in [1.54, 1.807) is 13.0 Å². The van der Waals surface area contributed by atoms with Crippen LogP contribution in [0, 0.1) is 0 Å². The normalized spacial score (nSPS) is 19.4. The number of halogens is 1. The number of nitrogens with one attached hydrogen (secondary N) is 1. The number of carbonyl (C=O) groups excluding carboxylic acids is 2. The van der Waals surface area contributed by atoms with Crippen molar-refractivity contribution in [2.75, 3.05) is 0 Å². The van der Waals surface area contributed by atoms with Gasteiger partial charge in [-0.05, 0) is 25.1 Å². The van der Waals surface area contributed by atoms with Gasteiger partial charge in [-0.25, -0.2) is 4.79 Å². The number of hydrogen-bond donors (Lipinski definition) is 1. The van der Waals surface area contributed by atoms with Crippen LogP contribution in [0.15, 0.2) is 63.5 Å². The molecule has 4 rings (SSSR count). The van der Waals surface area contributed by atoms with Gasteiger partial charge in [0, 0.05) is 15.6 Å². The van der Waals surface area contributed by atoms with E-state index >= 15 is 0 Å². The summed E-state index contributed by atoms with van der Waals surface area (Å²) in [5, 5.41) is 10.7. The van der Waals surface area contributed by atoms with Crippen molar-refractivity contribution < 1.29 is 14.0 Å². The predicted molar refractivity (Wildman–Crippen MR) is 100 cm³/mol. The van der Waals surface area contributed by atoms with Gasteiger partial charge in [0.2, 0.25) is 11.8 Å². The van der Waals surface area contributed by atoms with Crippen molar-refractivity contribution >= 4 is 27.9 Å². The number of hydrogen-bond acceptors (Lipinski definition) is 5. The quantitative estimate of drug-likeness (QED) is 0.645. The first-order valence-electron chi connectivity index (χ1n) is 8.26. The minimum Gasteiger partial charge on any atom is -0.419 e. The molecule has 136 valence electrons. The number of nitrogens with zero attached hydrogens (tertiary/aromatic N) is 3. The van der Waals surface area contributed by atoms with Crippen molar-refractivity contribution in [3.05, 3.63) is 70.5 Å². The Bertz CT molecular complexity index is 1020. The molecule has 1 aliphatic rings. The molecule has 2 heterocycles. The Balaban J connectivity index is 1.59. The van der Waals surface area contributed by atoms with Gasteiger partial charge in [0.15, 0.2) is 0 Å². The van der Waals surface area contributed by atoms with E-state index in [2.05, 4.69) is 31.4 Å². The summed E-state index contributed by atoms with van der Waals surface area (Å²) in [5.41, 5.74) is 0.285. The standard InChI is InChI=1S/C19H15BrN4O3/c1-19(13-9-5-6-10-14(13)20)17(25)24(18(26)21-19)11-15-22-23-16(27-15)12-7-3-2-4-8-12/h2-10H,11H2,1H3,(H,21,26). The highest BCUT2D eigenvalue weighted by Gasteiger charge is 2.50. The van der Waals surface area contributed by atoms with Crippen LogP contribution in [-0.4, -0.2) is 27.0 Å². The molecule has 0 aliphatic carbocycles. The highest BCUT2D eigenvalue weighted by atomic mass is 79.9. The van der Waals surface area contributed by atoms with Crippen molar-refractivity contribution in [3.63, 3.8) is 0 Å². The van der Waals surface area contributed by atoms with Crippen molar-refractivity contribution in [3.8, 4) is 11.5 Å². The van der Waals surface area contributed by atoms with Gasteiger partial charge in [0.05, 0.1) is 0 Å². The summed E-state index contributed by atoms with van der Waals surface area (Å²) in [6, 6.07) is 16.1. The van der Waals surface area contributed by atoms with Gasteiger partial charge in [-0.2, -0.15) is 0 Å². The molecule has 0 bridgehead atoms. The Morgan fingerprint density at radius 2 is 1.78 bits per heavy atom. The number of rotatable bonds is 4. The fourth-order valence-electron chi connectivity index (χ4n) is 3.04. The molecule has 1 fully saturated rings. The van der Waals surface area contributed by atoms with E-state index in [0.717, 1.165) is 14.9 Å². The second-order valence-electron chi connectivity index (χ2n) is 6.29. The fraction of sp³-hybridized carbons (Fsp3) is 0.158. The van der Waals surface area contributed by atoms with Crippen LogP contribution in [0.25, 0.3) is 11.5 Å². The topological polar surface area (TPSA) is 88.3 Å². The molecule has 8 heteroatoms. The molecule has 0 radical (unpaired) electrons. The molecular weight excluding hydrogens is 412 g/mol. The first kappa shape index (κ1) is 17.4. The summed E-state index contributed by atoms with van der Waals surface area (Å²) in [6.07, 6.45) is 0. The third kappa shape index (κ3) is 3.02. The molecule has 1 saturated heterocycles. The van der Waals surface area contributed by atoms with Crippen LogP contribution in [-0.2, 0) is 16.9 Å². The van der Waals surface area contributed by atoms with Gasteiger partial charge in [-0.1, -0.05) is 52.3 Å². The fourth-order valence-corrected chi connectivity index (χ4v) is 3.72.